The fourth-order valence-corrected chi connectivity index (χ4v) is 4.23. The number of ether oxygens (including phenoxy) is 1. The summed E-state index contributed by atoms with van der Waals surface area (Å²) in [6.07, 6.45) is 7.54. The standard InChI is InChI=1S/C23H28N4O2/c1-2-29-17-5-14-24-22(28)20-8-9-21(26-25-20)27-15-12-23(13-16-27)11-10-18-6-3-4-7-19(18)23/h3-4,6-11H,2,5,12-17H2,1H3,(H,24,28). The number of aromatic nitrogens is 2. The molecule has 2 heterocycles. The molecule has 0 atom stereocenters. The first-order valence-corrected chi connectivity index (χ1v) is 10.5. The smallest absolute Gasteiger partial charge is 0.271 e. The van der Waals surface area contributed by atoms with Crippen LogP contribution in [0.2, 0.25) is 0 Å². The first-order valence-electron chi connectivity index (χ1n) is 10.5. The van der Waals surface area contributed by atoms with E-state index in [2.05, 4.69) is 56.8 Å². The van der Waals surface area contributed by atoms with E-state index in [1.807, 2.05) is 13.0 Å². The van der Waals surface area contributed by atoms with Crippen molar-refractivity contribution in [2.24, 2.45) is 0 Å². The molecule has 1 saturated heterocycles. The molecule has 0 saturated carbocycles. The zero-order valence-corrected chi connectivity index (χ0v) is 16.9. The van der Waals surface area contributed by atoms with Gasteiger partial charge >= 0.3 is 0 Å². The molecule has 6 nitrogen and oxygen atoms in total. The van der Waals surface area contributed by atoms with Gasteiger partial charge in [-0.15, -0.1) is 10.2 Å². The molecule has 2 aliphatic rings. The minimum absolute atomic E-state index is 0.155. The molecule has 1 spiro atoms. The molecule has 0 bridgehead atoms. The summed E-state index contributed by atoms with van der Waals surface area (Å²) in [5, 5.41) is 11.3. The number of carbonyl (C=O) groups excluding carboxylic acids is 1. The lowest BCUT2D eigenvalue weighted by molar-refractivity contribution is 0.0938. The van der Waals surface area contributed by atoms with Crippen LogP contribution in [0.3, 0.4) is 0 Å². The molecule has 1 fully saturated rings. The van der Waals surface area contributed by atoms with Gasteiger partial charge < -0.3 is 15.0 Å². The van der Waals surface area contributed by atoms with Crippen molar-refractivity contribution in [1.82, 2.24) is 15.5 Å². The van der Waals surface area contributed by atoms with Crippen LogP contribution in [-0.2, 0) is 10.2 Å². The van der Waals surface area contributed by atoms with E-state index in [-0.39, 0.29) is 11.3 Å². The van der Waals surface area contributed by atoms with E-state index < -0.39 is 0 Å². The van der Waals surface area contributed by atoms with Crippen molar-refractivity contribution in [2.45, 2.75) is 31.6 Å². The van der Waals surface area contributed by atoms with Crippen LogP contribution >= 0.6 is 0 Å². The average Bonchev–Trinajstić information content (AvgIpc) is 3.12. The molecule has 4 rings (SSSR count). The first-order chi connectivity index (χ1) is 14.2. The number of amides is 1. The van der Waals surface area contributed by atoms with Crippen molar-refractivity contribution < 1.29 is 9.53 Å². The zero-order chi connectivity index (χ0) is 20.1. The Morgan fingerprint density at radius 1 is 1.17 bits per heavy atom. The number of hydrogen-bond donors (Lipinski definition) is 1. The number of piperidine rings is 1. The summed E-state index contributed by atoms with van der Waals surface area (Å²) >= 11 is 0. The van der Waals surface area contributed by atoms with Crippen molar-refractivity contribution >= 4 is 17.8 Å². The van der Waals surface area contributed by atoms with Crippen molar-refractivity contribution in [1.29, 1.82) is 0 Å². The Kier molecular flexibility index (Phi) is 5.90. The quantitative estimate of drug-likeness (QED) is 0.733. The van der Waals surface area contributed by atoms with Crippen molar-refractivity contribution in [2.75, 3.05) is 37.7 Å². The maximum absolute atomic E-state index is 12.2. The molecule has 1 aliphatic heterocycles. The number of nitrogens with one attached hydrogen (secondary N) is 1. The van der Waals surface area contributed by atoms with Gasteiger partial charge in [0.2, 0.25) is 0 Å². The van der Waals surface area contributed by atoms with Gasteiger partial charge in [-0.1, -0.05) is 36.4 Å². The van der Waals surface area contributed by atoms with E-state index in [0.717, 1.165) is 38.2 Å². The number of carbonyl (C=O) groups is 1. The maximum Gasteiger partial charge on any atom is 0.271 e. The second-order valence-corrected chi connectivity index (χ2v) is 7.65. The molecule has 1 N–H and O–H groups in total. The summed E-state index contributed by atoms with van der Waals surface area (Å²) in [6, 6.07) is 12.3. The van der Waals surface area contributed by atoms with E-state index in [9.17, 15) is 4.79 Å². The van der Waals surface area contributed by atoms with Crippen LogP contribution in [0.15, 0.2) is 42.5 Å². The highest BCUT2D eigenvalue weighted by Crippen LogP contribution is 2.43. The van der Waals surface area contributed by atoms with Crippen LogP contribution in [0.5, 0.6) is 0 Å². The van der Waals surface area contributed by atoms with Gasteiger partial charge in [-0.2, -0.15) is 0 Å². The normalized spacial score (nSPS) is 16.8. The van der Waals surface area contributed by atoms with Gasteiger partial charge in [0.15, 0.2) is 11.5 Å². The minimum Gasteiger partial charge on any atom is -0.382 e. The van der Waals surface area contributed by atoms with E-state index in [4.69, 9.17) is 4.74 Å². The van der Waals surface area contributed by atoms with Crippen LogP contribution in [0.25, 0.3) is 6.08 Å². The van der Waals surface area contributed by atoms with Gasteiger partial charge in [-0.25, -0.2) is 0 Å². The number of fused-ring (bicyclic) bond motifs is 2. The fraction of sp³-hybridized carbons (Fsp3) is 0.435. The fourth-order valence-electron chi connectivity index (χ4n) is 4.23. The highest BCUT2D eigenvalue weighted by molar-refractivity contribution is 5.92. The van der Waals surface area contributed by atoms with E-state index in [1.54, 1.807) is 6.07 Å². The third kappa shape index (κ3) is 4.17. The summed E-state index contributed by atoms with van der Waals surface area (Å²) < 4.78 is 5.27. The lowest BCUT2D eigenvalue weighted by atomic mass is 9.74. The molecule has 29 heavy (non-hydrogen) atoms. The Labute approximate surface area is 172 Å². The third-order valence-corrected chi connectivity index (χ3v) is 5.90. The molecule has 152 valence electrons. The Morgan fingerprint density at radius 2 is 2.00 bits per heavy atom. The number of anilines is 1. The van der Waals surface area contributed by atoms with Gasteiger partial charge in [-0.05, 0) is 49.4 Å². The van der Waals surface area contributed by atoms with Crippen molar-refractivity contribution in [3.05, 3.63) is 59.3 Å². The number of hydrogen-bond acceptors (Lipinski definition) is 5. The lowest BCUT2D eigenvalue weighted by Crippen LogP contribution is -2.41. The Balaban J connectivity index is 1.32. The molecule has 0 radical (unpaired) electrons. The van der Waals surface area contributed by atoms with E-state index in [0.29, 0.717) is 25.5 Å². The average molecular weight is 393 g/mol. The molecule has 1 aromatic heterocycles. The monoisotopic (exact) mass is 392 g/mol. The van der Waals surface area contributed by atoms with Gasteiger partial charge in [0.05, 0.1) is 0 Å². The predicted octanol–water partition coefficient (Wildman–Crippen LogP) is 3.20. The molecule has 1 amide bonds. The van der Waals surface area contributed by atoms with Gasteiger partial charge in [-0.3, -0.25) is 4.79 Å². The lowest BCUT2D eigenvalue weighted by Gasteiger charge is -2.39. The molecule has 1 aromatic carbocycles. The molecule has 1 aliphatic carbocycles. The molecular weight excluding hydrogens is 364 g/mol. The summed E-state index contributed by atoms with van der Waals surface area (Å²) in [5.74, 6) is 0.647. The number of allylic oxidation sites excluding steroid dienone is 1. The molecule has 6 heteroatoms. The first kappa shape index (κ1) is 19.6. The maximum atomic E-state index is 12.2. The Hall–Kier alpha value is -2.73. The second kappa shape index (κ2) is 8.74. The van der Waals surface area contributed by atoms with Crippen LogP contribution in [0.4, 0.5) is 5.82 Å². The minimum atomic E-state index is -0.189. The summed E-state index contributed by atoms with van der Waals surface area (Å²) in [7, 11) is 0. The van der Waals surface area contributed by atoms with Gasteiger partial charge in [0.1, 0.15) is 0 Å². The van der Waals surface area contributed by atoms with Crippen LogP contribution in [0, 0.1) is 0 Å². The van der Waals surface area contributed by atoms with E-state index >= 15 is 0 Å². The predicted molar refractivity (Wildman–Crippen MR) is 114 cm³/mol. The largest absolute Gasteiger partial charge is 0.382 e. The summed E-state index contributed by atoms with van der Waals surface area (Å²) in [5.41, 5.74) is 3.30. The highest BCUT2D eigenvalue weighted by atomic mass is 16.5. The second-order valence-electron chi connectivity index (χ2n) is 7.65. The Bertz CT molecular complexity index is 871. The van der Waals surface area contributed by atoms with Gasteiger partial charge in [0.25, 0.3) is 5.91 Å². The summed E-state index contributed by atoms with van der Waals surface area (Å²) in [4.78, 5) is 14.4. The topological polar surface area (TPSA) is 67.3 Å². The highest BCUT2D eigenvalue weighted by Gasteiger charge is 2.38. The van der Waals surface area contributed by atoms with Crippen LogP contribution in [0.1, 0.15) is 47.8 Å². The number of benzene rings is 1. The zero-order valence-electron chi connectivity index (χ0n) is 16.9. The van der Waals surface area contributed by atoms with Crippen LogP contribution in [-0.4, -0.2) is 49.0 Å². The van der Waals surface area contributed by atoms with Crippen LogP contribution < -0.4 is 10.2 Å². The molecule has 2 aromatic rings. The SMILES string of the molecule is CCOCCCNC(=O)c1ccc(N2CCC3(C=Cc4ccccc43)CC2)nn1. The van der Waals surface area contributed by atoms with E-state index in [1.165, 1.54) is 11.1 Å². The van der Waals surface area contributed by atoms with Crippen molar-refractivity contribution in [3.8, 4) is 0 Å². The summed E-state index contributed by atoms with van der Waals surface area (Å²) in [6.45, 7) is 5.73. The Morgan fingerprint density at radius 3 is 2.76 bits per heavy atom. The number of rotatable bonds is 7. The molecule has 0 unspecified atom stereocenters. The third-order valence-electron chi connectivity index (χ3n) is 5.90. The van der Waals surface area contributed by atoms with Gasteiger partial charge in [0, 0.05) is 38.3 Å². The molecular formula is C23H28N4O2. The number of nitrogens with zero attached hydrogens (tertiary/aromatic N) is 3. The van der Waals surface area contributed by atoms with Crippen molar-refractivity contribution in [3.63, 3.8) is 0 Å².